The Hall–Kier alpha value is -3.71. The van der Waals surface area contributed by atoms with Crippen LogP contribution in [0.2, 0.25) is 5.02 Å². The number of fused-ring (bicyclic) bond motifs is 2. The average molecular weight is 678 g/mol. The summed E-state index contributed by atoms with van der Waals surface area (Å²) in [6, 6.07) is 9.81. The number of carbonyl (C=O) groups excluding carboxylic acids is 3. The van der Waals surface area contributed by atoms with E-state index in [0.717, 1.165) is 50.4 Å². The molecule has 4 aliphatic rings. The zero-order valence-corrected chi connectivity index (χ0v) is 26.7. The molecule has 0 bridgehead atoms. The van der Waals surface area contributed by atoms with Crippen LogP contribution >= 0.6 is 11.6 Å². The predicted octanol–water partition coefficient (Wildman–Crippen LogP) is 6.02. The topological polar surface area (TPSA) is 117 Å². The van der Waals surface area contributed by atoms with Crippen molar-refractivity contribution in [3.63, 3.8) is 0 Å². The van der Waals surface area contributed by atoms with Crippen molar-refractivity contribution in [2.24, 2.45) is 0 Å². The van der Waals surface area contributed by atoms with Crippen LogP contribution in [0.25, 0.3) is 0 Å². The molecule has 1 spiro atoms. The third kappa shape index (κ3) is 7.11. The van der Waals surface area contributed by atoms with Crippen LogP contribution in [-0.4, -0.2) is 84.2 Å². The SMILES string of the molecule is Nc1c(Cl)cc(C[C@@H](OC(=O)N2CCC3(CC2)OC(=O)Nc2ccccc23)C(=O)N2CCC(N3CCCCC3)CC2)cc1C(F)(F)F. The molecule has 3 N–H and O–H groups in total. The van der Waals surface area contributed by atoms with Gasteiger partial charge in [0.1, 0.15) is 5.60 Å². The first-order valence-electron chi connectivity index (χ1n) is 16.2. The first kappa shape index (κ1) is 33.2. The lowest BCUT2D eigenvalue weighted by Crippen LogP contribution is -2.53. The lowest BCUT2D eigenvalue weighted by molar-refractivity contribution is -0.142. The molecule has 0 aromatic heterocycles. The molecule has 254 valence electrons. The van der Waals surface area contributed by atoms with Crippen molar-refractivity contribution in [2.45, 2.75) is 75.3 Å². The number of likely N-dealkylation sites (tertiary alicyclic amines) is 3. The summed E-state index contributed by atoms with van der Waals surface area (Å²) in [7, 11) is 0. The number of alkyl halides is 3. The Balaban J connectivity index is 1.18. The van der Waals surface area contributed by atoms with Gasteiger partial charge < -0.3 is 29.9 Å². The smallest absolute Gasteiger partial charge is 0.418 e. The minimum absolute atomic E-state index is 0.0710. The van der Waals surface area contributed by atoms with Crippen LogP contribution in [0.4, 0.5) is 34.1 Å². The summed E-state index contributed by atoms with van der Waals surface area (Å²) in [5, 5.41) is 2.40. The van der Waals surface area contributed by atoms with E-state index in [1.807, 2.05) is 18.2 Å². The number of anilines is 2. The molecule has 0 radical (unpaired) electrons. The van der Waals surface area contributed by atoms with E-state index in [9.17, 15) is 27.6 Å². The molecular formula is C33H39ClF3N5O5. The number of hydrogen-bond acceptors (Lipinski definition) is 7. The average Bonchev–Trinajstić information content (AvgIpc) is 3.06. The minimum Gasteiger partial charge on any atom is -0.438 e. The van der Waals surface area contributed by atoms with E-state index in [1.165, 1.54) is 17.4 Å². The molecule has 0 unspecified atom stereocenters. The lowest BCUT2D eigenvalue weighted by atomic mass is 9.82. The number of nitrogens with zero attached hydrogens (tertiary/aromatic N) is 3. The third-order valence-electron chi connectivity index (χ3n) is 9.89. The number of amides is 3. The summed E-state index contributed by atoms with van der Waals surface area (Å²) >= 11 is 6.09. The van der Waals surface area contributed by atoms with Crippen molar-refractivity contribution in [1.82, 2.24) is 14.7 Å². The molecule has 2 aromatic carbocycles. The Kier molecular flexibility index (Phi) is 9.48. The number of carbonyl (C=O) groups is 3. The molecule has 6 rings (SSSR count). The van der Waals surface area contributed by atoms with Crippen LogP contribution in [0.15, 0.2) is 36.4 Å². The largest absolute Gasteiger partial charge is 0.438 e. The second-order valence-electron chi connectivity index (χ2n) is 12.8. The van der Waals surface area contributed by atoms with Crippen LogP contribution < -0.4 is 11.1 Å². The molecule has 14 heteroatoms. The molecule has 0 aliphatic carbocycles. The molecule has 0 saturated carbocycles. The minimum atomic E-state index is -4.77. The molecule has 47 heavy (non-hydrogen) atoms. The van der Waals surface area contributed by atoms with Gasteiger partial charge in [0.2, 0.25) is 0 Å². The highest BCUT2D eigenvalue weighted by Gasteiger charge is 2.46. The molecule has 10 nitrogen and oxygen atoms in total. The lowest BCUT2D eigenvalue weighted by Gasteiger charge is -2.44. The monoisotopic (exact) mass is 677 g/mol. The van der Waals surface area contributed by atoms with Gasteiger partial charge in [0, 0.05) is 57.0 Å². The maximum Gasteiger partial charge on any atom is 0.418 e. The number of benzene rings is 2. The van der Waals surface area contributed by atoms with Crippen LogP contribution in [0.3, 0.4) is 0 Å². The number of piperidine rings is 3. The Bertz CT molecular complexity index is 1500. The standard InChI is InChI=1S/C33H39ClF3N5O5/c34-25-19-21(18-24(28(25)38)33(35,36)37)20-27(29(43)41-14-8-22(9-15-41)40-12-4-1-5-13-40)46-31(45)42-16-10-32(11-17-42)23-6-2-3-7-26(23)39-30(44)47-32/h2-3,6-7,18-19,22,27H,1,4-5,8-17,20,38H2,(H,39,44)/t27-/m1/s1. The zero-order valence-electron chi connectivity index (χ0n) is 26.0. The van der Waals surface area contributed by atoms with E-state index in [4.69, 9.17) is 26.8 Å². The van der Waals surface area contributed by atoms with Gasteiger partial charge in [-0.2, -0.15) is 13.2 Å². The van der Waals surface area contributed by atoms with E-state index in [2.05, 4.69) is 10.2 Å². The van der Waals surface area contributed by atoms with Crippen molar-refractivity contribution < 1.29 is 37.0 Å². The zero-order chi connectivity index (χ0) is 33.3. The van der Waals surface area contributed by atoms with Crippen molar-refractivity contribution in [3.05, 3.63) is 58.1 Å². The molecule has 2 aromatic rings. The summed E-state index contributed by atoms with van der Waals surface area (Å²) in [4.78, 5) is 45.4. The molecule has 4 heterocycles. The number of rotatable bonds is 5. The maximum absolute atomic E-state index is 13.9. The molecule has 3 saturated heterocycles. The Morgan fingerprint density at radius 1 is 1.02 bits per heavy atom. The Labute approximate surface area is 276 Å². The fourth-order valence-electron chi connectivity index (χ4n) is 7.33. The van der Waals surface area contributed by atoms with Crippen LogP contribution in [0.1, 0.15) is 61.6 Å². The highest BCUT2D eigenvalue weighted by molar-refractivity contribution is 6.33. The summed E-state index contributed by atoms with van der Waals surface area (Å²) in [5.41, 5.74) is 4.53. The number of nitrogens with one attached hydrogen (secondary N) is 1. The van der Waals surface area contributed by atoms with Gasteiger partial charge in [0.15, 0.2) is 6.10 Å². The number of halogens is 4. The Morgan fingerprint density at radius 2 is 1.70 bits per heavy atom. The van der Waals surface area contributed by atoms with E-state index < -0.39 is 47.2 Å². The number of para-hydroxylation sites is 1. The van der Waals surface area contributed by atoms with Gasteiger partial charge in [-0.25, -0.2) is 9.59 Å². The third-order valence-corrected chi connectivity index (χ3v) is 10.2. The second-order valence-corrected chi connectivity index (χ2v) is 13.2. The Morgan fingerprint density at radius 3 is 2.38 bits per heavy atom. The molecule has 3 amide bonds. The maximum atomic E-state index is 13.9. The normalized spacial score (nSPS) is 21.1. The first-order valence-corrected chi connectivity index (χ1v) is 16.5. The van der Waals surface area contributed by atoms with Gasteiger partial charge in [-0.3, -0.25) is 10.1 Å². The van der Waals surface area contributed by atoms with Gasteiger partial charge in [-0.1, -0.05) is 36.2 Å². The van der Waals surface area contributed by atoms with E-state index in [-0.39, 0.29) is 30.1 Å². The highest BCUT2D eigenvalue weighted by atomic mass is 35.5. The highest BCUT2D eigenvalue weighted by Crippen LogP contribution is 2.43. The number of nitrogen functional groups attached to an aromatic ring is 1. The first-order chi connectivity index (χ1) is 22.4. The fourth-order valence-corrected chi connectivity index (χ4v) is 7.58. The summed E-state index contributed by atoms with van der Waals surface area (Å²) in [5.74, 6) is -0.466. The molecular weight excluding hydrogens is 639 g/mol. The number of nitrogens with two attached hydrogens (primary N) is 1. The van der Waals surface area contributed by atoms with Crippen LogP contribution in [0.5, 0.6) is 0 Å². The summed E-state index contributed by atoms with van der Waals surface area (Å²) in [6.07, 6.45) is -2.14. The van der Waals surface area contributed by atoms with E-state index in [1.54, 1.807) is 11.0 Å². The van der Waals surface area contributed by atoms with Gasteiger partial charge in [-0.05, 0) is 62.5 Å². The van der Waals surface area contributed by atoms with E-state index in [0.29, 0.717) is 37.7 Å². The van der Waals surface area contributed by atoms with Crippen molar-refractivity contribution >= 4 is 41.1 Å². The number of ether oxygens (including phenoxy) is 2. The molecule has 4 aliphatic heterocycles. The van der Waals surface area contributed by atoms with Gasteiger partial charge >= 0.3 is 18.4 Å². The predicted molar refractivity (Wildman–Crippen MR) is 169 cm³/mol. The molecule has 1 atom stereocenters. The van der Waals surface area contributed by atoms with Crippen LogP contribution in [-0.2, 0) is 32.5 Å². The van der Waals surface area contributed by atoms with Gasteiger partial charge in [-0.15, -0.1) is 0 Å². The van der Waals surface area contributed by atoms with Gasteiger partial charge in [0.05, 0.1) is 22.0 Å². The summed E-state index contributed by atoms with van der Waals surface area (Å²) in [6.45, 7) is 3.33. The van der Waals surface area contributed by atoms with E-state index >= 15 is 0 Å². The van der Waals surface area contributed by atoms with Gasteiger partial charge in [0.25, 0.3) is 5.91 Å². The number of hydrogen-bond donors (Lipinski definition) is 2. The molecule has 3 fully saturated rings. The quantitative estimate of drug-likeness (QED) is 0.372. The van der Waals surface area contributed by atoms with Crippen molar-refractivity contribution in [3.8, 4) is 0 Å². The van der Waals surface area contributed by atoms with Crippen molar-refractivity contribution in [1.29, 1.82) is 0 Å². The fraction of sp³-hybridized carbons (Fsp3) is 0.545. The van der Waals surface area contributed by atoms with Crippen LogP contribution in [0, 0.1) is 0 Å². The second kappa shape index (κ2) is 13.4. The summed E-state index contributed by atoms with van der Waals surface area (Å²) < 4.78 is 52.9. The van der Waals surface area contributed by atoms with Crippen molar-refractivity contribution in [2.75, 3.05) is 50.3 Å².